The van der Waals surface area contributed by atoms with Crippen molar-refractivity contribution in [1.82, 2.24) is 19.6 Å². The lowest BCUT2D eigenvalue weighted by molar-refractivity contribution is 0.0644. The largest absolute Gasteiger partial charge is 0.326 e. The summed E-state index contributed by atoms with van der Waals surface area (Å²) < 4.78 is 1.75. The number of anilines is 1. The predicted octanol–water partition coefficient (Wildman–Crippen LogP) is 4.66. The van der Waals surface area contributed by atoms with Crippen LogP contribution in [0.3, 0.4) is 0 Å². The summed E-state index contributed by atoms with van der Waals surface area (Å²) >= 11 is 5.92. The van der Waals surface area contributed by atoms with Gasteiger partial charge in [0.1, 0.15) is 5.69 Å². The third kappa shape index (κ3) is 3.42. The van der Waals surface area contributed by atoms with Crippen LogP contribution in [0.15, 0.2) is 54.6 Å². The van der Waals surface area contributed by atoms with Crippen LogP contribution in [0.5, 0.6) is 0 Å². The molecule has 8 heteroatoms. The van der Waals surface area contributed by atoms with E-state index in [1.54, 1.807) is 33.8 Å². The highest BCUT2D eigenvalue weighted by molar-refractivity contribution is 6.30. The monoisotopic (exact) mass is 449 g/mol. The van der Waals surface area contributed by atoms with E-state index in [9.17, 15) is 9.59 Å². The Morgan fingerprint density at radius 2 is 1.84 bits per heavy atom. The molecule has 2 unspecified atom stereocenters. The Balaban J connectivity index is 1.34. The minimum Gasteiger partial charge on any atom is -0.326 e. The normalized spacial score (nSPS) is 20.0. The first-order valence-electron chi connectivity index (χ1n) is 10.7. The van der Waals surface area contributed by atoms with Gasteiger partial charge < -0.3 is 15.1 Å². The number of aryl methyl sites for hydroxylation is 1. The molecule has 0 radical (unpaired) electrons. The molecule has 32 heavy (non-hydrogen) atoms. The van der Waals surface area contributed by atoms with Crippen LogP contribution >= 0.6 is 11.6 Å². The van der Waals surface area contributed by atoms with E-state index in [4.69, 9.17) is 11.6 Å². The molecule has 0 saturated carbocycles. The van der Waals surface area contributed by atoms with Gasteiger partial charge in [0.2, 0.25) is 0 Å². The number of hydrogen-bond acceptors (Lipinski definition) is 3. The molecular weight excluding hydrogens is 426 g/mol. The van der Waals surface area contributed by atoms with Crippen molar-refractivity contribution in [3.63, 3.8) is 0 Å². The highest BCUT2D eigenvalue weighted by Gasteiger charge is 2.45. The molecule has 3 aromatic rings. The van der Waals surface area contributed by atoms with Crippen LogP contribution in [-0.4, -0.2) is 50.6 Å². The molecular formula is C24H24ClN5O2. The molecule has 5 rings (SSSR count). The highest BCUT2D eigenvalue weighted by atomic mass is 35.5. The number of rotatable bonds is 3. The van der Waals surface area contributed by atoms with Gasteiger partial charge in [-0.2, -0.15) is 5.10 Å². The van der Waals surface area contributed by atoms with Crippen LogP contribution in [0.2, 0.25) is 5.02 Å². The summed E-state index contributed by atoms with van der Waals surface area (Å²) in [6, 6.07) is 16.5. The van der Waals surface area contributed by atoms with Gasteiger partial charge in [0.05, 0.1) is 23.5 Å². The van der Waals surface area contributed by atoms with Crippen LogP contribution in [-0.2, 0) is 0 Å². The van der Waals surface area contributed by atoms with Crippen molar-refractivity contribution in [2.45, 2.75) is 32.4 Å². The summed E-state index contributed by atoms with van der Waals surface area (Å²) in [5.41, 5.74) is 4.03. The van der Waals surface area contributed by atoms with E-state index in [0.717, 1.165) is 23.4 Å². The zero-order chi connectivity index (χ0) is 22.4. The first kappa shape index (κ1) is 20.6. The Hall–Kier alpha value is -3.32. The zero-order valence-electron chi connectivity index (χ0n) is 18.0. The second kappa shape index (κ2) is 7.98. The van der Waals surface area contributed by atoms with Crippen molar-refractivity contribution >= 4 is 29.2 Å². The second-order valence-corrected chi connectivity index (χ2v) is 8.75. The number of carbonyl (C=O) groups excluding carboxylic acids is 2. The number of nitrogens with one attached hydrogen (secondary N) is 1. The average Bonchev–Trinajstić information content (AvgIpc) is 3.47. The Morgan fingerprint density at radius 1 is 1.12 bits per heavy atom. The van der Waals surface area contributed by atoms with Gasteiger partial charge in [-0.25, -0.2) is 9.48 Å². The summed E-state index contributed by atoms with van der Waals surface area (Å²) in [6.07, 6.45) is 0.742. The first-order valence-corrected chi connectivity index (χ1v) is 11.1. The molecule has 3 amide bonds. The van der Waals surface area contributed by atoms with E-state index in [1.165, 1.54) is 0 Å². The van der Waals surface area contributed by atoms with Gasteiger partial charge >= 0.3 is 6.03 Å². The standard InChI is InChI=1S/C24H24ClN5O2/c1-15-21-16(2)29(23(31)22(21)30(27-15)19-6-4-3-5-7-19)20-12-13-28(14-20)24(32)26-18-10-8-17(25)9-11-18/h3-11,16,20H,12-14H2,1-2H3,(H,26,32). The minimum absolute atomic E-state index is 0.0260. The predicted molar refractivity (Wildman–Crippen MR) is 123 cm³/mol. The number of amides is 3. The summed E-state index contributed by atoms with van der Waals surface area (Å²) in [6.45, 7) is 5.09. The van der Waals surface area contributed by atoms with E-state index in [0.29, 0.717) is 29.5 Å². The van der Waals surface area contributed by atoms with E-state index in [-0.39, 0.29) is 24.0 Å². The maximum absolute atomic E-state index is 13.5. The SMILES string of the molecule is Cc1nn(-c2ccccc2)c2c1C(C)N(C1CCN(C(=O)Nc3ccc(Cl)cc3)C1)C2=O. The molecule has 0 bridgehead atoms. The fourth-order valence-corrected chi connectivity index (χ4v) is 4.94. The van der Waals surface area contributed by atoms with Crippen molar-refractivity contribution in [3.05, 3.63) is 76.6 Å². The number of likely N-dealkylation sites (tertiary alicyclic amines) is 1. The number of aromatic nitrogens is 2. The van der Waals surface area contributed by atoms with Crippen molar-refractivity contribution in [2.24, 2.45) is 0 Å². The highest BCUT2D eigenvalue weighted by Crippen LogP contribution is 2.39. The molecule has 0 spiro atoms. The van der Waals surface area contributed by atoms with Crippen molar-refractivity contribution in [2.75, 3.05) is 18.4 Å². The van der Waals surface area contributed by atoms with Crippen molar-refractivity contribution < 1.29 is 9.59 Å². The molecule has 2 aromatic carbocycles. The van der Waals surface area contributed by atoms with Gasteiger partial charge in [-0.1, -0.05) is 29.8 Å². The second-order valence-electron chi connectivity index (χ2n) is 8.31. The summed E-state index contributed by atoms with van der Waals surface area (Å²) in [4.78, 5) is 30.0. The number of carbonyl (C=O) groups is 2. The van der Waals surface area contributed by atoms with Crippen molar-refractivity contribution in [1.29, 1.82) is 0 Å². The Morgan fingerprint density at radius 3 is 2.56 bits per heavy atom. The number of benzene rings is 2. The Labute approximate surface area is 191 Å². The van der Waals surface area contributed by atoms with Crippen molar-refractivity contribution in [3.8, 4) is 5.69 Å². The number of halogens is 1. The Kier molecular flexibility index (Phi) is 5.13. The van der Waals surface area contributed by atoms with Crippen LogP contribution < -0.4 is 5.32 Å². The maximum atomic E-state index is 13.5. The van der Waals surface area contributed by atoms with E-state index in [1.807, 2.05) is 49.1 Å². The lowest BCUT2D eigenvalue weighted by Crippen LogP contribution is -2.42. The number of urea groups is 1. The van der Waals surface area contributed by atoms with Gasteiger partial charge in [0.15, 0.2) is 0 Å². The fraction of sp³-hybridized carbons (Fsp3) is 0.292. The quantitative estimate of drug-likeness (QED) is 0.632. The molecule has 0 aliphatic carbocycles. The third-order valence-corrected chi connectivity index (χ3v) is 6.57. The van der Waals surface area contributed by atoms with Crippen LogP contribution in [0.4, 0.5) is 10.5 Å². The molecule has 2 atom stereocenters. The molecule has 164 valence electrons. The van der Waals surface area contributed by atoms with Gasteiger partial charge in [-0.15, -0.1) is 0 Å². The lowest BCUT2D eigenvalue weighted by atomic mass is 10.1. The topological polar surface area (TPSA) is 70.5 Å². The maximum Gasteiger partial charge on any atom is 0.321 e. The van der Waals surface area contributed by atoms with E-state index >= 15 is 0 Å². The van der Waals surface area contributed by atoms with Gasteiger partial charge in [-0.05, 0) is 56.7 Å². The molecule has 3 heterocycles. The molecule has 1 fully saturated rings. The minimum atomic E-state index is -0.168. The smallest absolute Gasteiger partial charge is 0.321 e. The number of para-hydroxylation sites is 1. The van der Waals surface area contributed by atoms with Crippen LogP contribution in [0, 0.1) is 6.92 Å². The van der Waals surface area contributed by atoms with E-state index < -0.39 is 0 Å². The Bertz CT molecular complexity index is 1180. The molecule has 1 N–H and O–H groups in total. The molecule has 2 aliphatic rings. The number of nitrogens with zero attached hydrogens (tertiary/aromatic N) is 4. The molecule has 1 aromatic heterocycles. The molecule has 2 aliphatic heterocycles. The summed E-state index contributed by atoms with van der Waals surface area (Å²) in [5.74, 6) is -0.0260. The number of fused-ring (bicyclic) bond motifs is 1. The van der Waals surface area contributed by atoms with Gasteiger partial charge in [0, 0.05) is 29.4 Å². The fourth-order valence-electron chi connectivity index (χ4n) is 4.81. The third-order valence-electron chi connectivity index (χ3n) is 6.32. The van der Waals surface area contributed by atoms with Gasteiger partial charge in [-0.3, -0.25) is 4.79 Å². The van der Waals surface area contributed by atoms with Gasteiger partial charge in [0.25, 0.3) is 5.91 Å². The molecule has 1 saturated heterocycles. The lowest BCUT2D eigenvalue weighted by Gasteiger charge is -2.29. The van der Waals surface area contributed by atoms with Crippen LogP contribution in [0.25, 0.3) is 5.69 Å². The molecule has 7 nitrogen and oxygen atoms in total. The van der Waals surface area contributed by atoms with E-state index in [2.05, 4.69) is 10.4 Å². The summed E-state index contributed by atoms with van der Waals surface area (Å²) in [7, 11) is 0. The summed E-state index contributed by atoms with van der Waals surface area (Å²) in [5, 5.41) is 8.17. The zero-order valence-corrected chi connectivity index (χ0v) is 18.7. The average molecular weight is 450 g/mol. The first-order chi connectivity index (χ1) is 15.4. The van der Waals surface area contributed by atoms with Crippen LogP contribution in [0.1, 0.15) is 41.1 Å². The number of hydrogen-bond donors (Lipinski definition) is 1.